The Bertz CT molecular complexity index is 405. The van der Waals surface area contributed by atoms with Gasteiger partial charge in [-0.1, -0.05) is 33.1 Å². The maximum absolute atomic E-state index is 12.6. The van der Waals surface area contributed by atoms with Crippen molar-refractivity contribution >= 4 is 23.6 Å². The normalized spacial score (nSPS) is 29.7. The lowest BCUT2D eigenvalue weighted by atomic mass is 9.86. The van der Waals surface area contributed by atoms with Gasteiger partial charge < -0.3 is 10.2 Å². The topological polar surface area (TPSA) is 49.4 Å². The van der Waals surface area contributed by atoms with Gasteiger partial charge >= 0.3 is 0 Å². The molecule has 0 bridgehead atoms. The van der Waals surface area contributed by atoms with Crippen LogP contribution in [0.25, 0.3) is 0 Å². The Labute approximate surface area is 132 Å². The summed E-state index contributed by atoms with van der Waals surface area (Å²) in [6, 6.07) is -0.713. The van der Waals surface area contributed by atoms with Gasteiger partial charge in [0.25, 0.3) is 0 Å². The molecular formula is C16H28N2O2S. The summed E-state index contributed by atoms with van der Waals surface area (Å²) < 4.78 is 0.137. The van der Waals surface area contributed by atoms with E-state index in [-0.39, 0.29) is 28.5 Å². The molecule has 4 nitrogen and oxygen atoms in total. The summed E-state index contributed by atoms with van der Waals surface area (Å²) in [6.07, 6.45) is 8.21. The van der Waals surface area contributed by atoms with Crippen molar-refractivity contribution in [2.45, 2.75) is 69.7 Å². The highest BCUT2D eigenvalue weighted by molar-refractivity contribution is 8.00. The highest BCUT2D eigenvalue weighted by atomic mass is 32.2. The minimum absolute atomic E-state index is 0.00385. The molecule has 0 aromatic heterocycles. The van der Waals surface area contributed by atoms with E-state index in [9.17, 15) is 9.59 Å². The van der Waals surface area contributed by atoms with E-state index in [1.165, 1.54) is 19.3 Å². The van der Waals surface area contributed by atoms with E-state index in [1.807, 2.05) is 30.5 Å². The maximum Gasteiger partial charge on any atom is 0.245 e. The van der Waals surface area contributed by atoms with Crippen molar-refractivity contribution in [2.75, 3.05) is 12.8 Å². The highest BCUT2D eigenvalue weighted by Crippen LogP contribution is 2.40. The number of carbonyl (C=O) groups is 2. The molecule has 2 aliphatic rings. The van der Waals surface area contributed by atoms with Crippen LogP contribution in [-0.2, 0) is 9.59 Å². The number of amides is 2. The number of rotatable bonds is 4. The van der Waals surface area contributed by atoms with E-state index in [0.717, 1.165) is 12.8 Å². The molecule has 1 heterocycles. The summed E-state index contributed by atoms with van der Waals surface area (Å²) in [7, 11) is 0. The van der Waals surface area contributed by atoms with E-state index >= 15 is 0 Å². The predicted molar refractivity (Wildman–Crippen MR) is 87.3 cm³/mol. The zero-order valence-electron chi connectivity index (χ0n) is 13.6. The lowest BCUT2D eigenvalue weighted by molar-refractivity contribution is -0.151. The van der Waals surface area contributed by atoms with Crippen molar-refractivity contribution in [3.8, 4) is 0 Å². The number of nitrogens with zero attached hydrogens (tertiary/aromatic N) is 1. The van der Waals surface area contributed by atoms with Crippen LogP contribution in [0, 0.1) is 5.92 Å². The molecule has 0 aromatic rings. The first-order chi connectivity index (χ1) is 9.90. The molecule has 1 saturated heterocycles. The molecule has 2 rings (SSSR count). The van der Waals surface area contributed by atoms with Crippen LogP contribution in [0.15, 0.2) is 0 Å². The van der Waals surface area contributed by atoms with Crippen LogP contribution in [0.5, 0.6) is 0 Å². The molecule has 1 saturated carbocycles. The van der Waals surface area contributed by atoms with Crippen molar-refractivity contribution < 1.29 is 9.59 Å². The lowest BCUT2D eigenvalue weighted by Crippen LogP contribution is -2.66. The molecule has 120 valence electrons. The fourth-order valence-corrected chi connectivity index (χ4v) is 4.63. The number of hydrogen-bond donors (Lipinski definition) is 1. The maximum atomic E-state index is 12.6. The SMILES string of the molecule is CSC1(CN2C(=O)C(C)NC(=O)C2C(C)C)CCCCC1. The standard InChI is InChI=1S/C16H28N2O2S/c1-11(2)13-14(19)17-12(3)15(20)18(13)10-16(21-4)8-6-5-7-9-16/h11-13H,5-10H2,1-4H3,(H,17,19). The Kier molecular flexibility index (Phi) is 5.23. The van der Waals surface area contributed by atoms with Crippen LogP contribution in [0.3, 0.4) is 0 Å². The first kappa shape index (κ1) is 16.7. The van der Waals surface area contributed by atoms with E-state index in [2.05, 4.69) is 11.6 Å². The fraction of sp³-hybridized carbons (Fsp3) is 0.875. The predicted octanol–water partition coefficient (Wildman–Crippen LogP) is 2.42. The van der Waals surface area contributed by atoms with Gasteiger partial charge in [-0.2, -0.15) is 11.8 Å². The van der Waals surface area contributed by atoms with Gasteiger partial charge in [0, 0.05) is 11.3 Å². The summed E-state index contributed by atoms with van der Waals surface area (Å²) in [5.41, 5.74) is 0. The van der Waals surface area contributed by atoms with Gasteiger partial charge in [0.05, 0.1) is 0 Å². The molecule has 0 spiro atoms. The average molecular weight is 312 g/mol. The van der Waals surface area contributed by atoms with Gasteiger partial charge in [-0.3, -0.25) is 9.59 Å². The van der Waals surface area contributed by atoms with Crippen LogP contribution < -0.4 is 5.32 Å². The number of hydrogen-bond acceptors (Lipinski definition) is 3. The third-order valence-corrected chi connectivity index (χ3v) is 6.31. The minimum atomic E-state index is -0.394. The zero-order chi connectivity index (χ0) is 15.6. The van der Waals surface area contributed by atoms with Crippen molar-refractivity contribution in [2.24, 2.45) is 5.92 Å². The van der Waals surface area contributed by atoms with E-state index in [4.69, 9.17) is 0 Å². The molecule has 1 aliphatic heterocycles. The minimum Gasteiger partial charge on any atom is -0.343 e. The Morgan fingerprint density at radius 1 is 1.29 bits per heavy atom. The lowest BCUT2D eigenvalue weighted by Gasteiger charge is -2.46. The molecule has 5 heteroatoms. The first-order valence-electron chi connectivity index (χ1n) is 8.06. The molecule has 2 unspecified atom stereocenters. The number of piperazine rings is 1. The smallest absolute Gasteiger partial charge is 0.245 e. The van der Waals surface area contributed by atoms with Gasteiger partial charge in [-0.05, 0) is 31.9 Å². The highest BCUT2D eigenvalue weighted by Gasteiger charge is 2.44. The number of thioether (sulfide) groups is 1. The molecule has 2 amide bonds. The first-order valence-corrected chi connectivity index (χ1v) is 9.29. The van der Waals surface area contributed by atoms with E-state index in [1.54, 1.807) is 6.92 Å². The summed E-state index contributed by atoms with van der Waals surface area (Å²) in [5.74, 6) is 0.223. The fourth-order valence-electron chi connectivity index (χ4n) is 3.66. The second-order valence-electron chi connectivity index (χ2n) is 6.83. The molecule has 21 heavy (non-hydrogen) atoms. The van der Waals surface area contributed by atoms with E-state index < -0.39 is 6.04 Å². The molecule has 1 aliphatic carbocycles. The number of carbonyl (C=O) groups excluding carboxylic acids is 2. The largest absolute Gasteiger partial charge is 0.343 e. The second-order valence-corrected chi connectivity index (χ2v) is 8.11. The van der Waals surface area contributed by atoms with Crippen LogP contribution in [0.4, 0.5) is 0 Å². The zero-order valence-corrected chi connectivity index (χ0v) is 14.5. The summed E-state index contributed by atoms with van der Waals surface area (Å²) >= 11 is 1.88. The van der Waals surface area contributed by atoms with Gasteiger partial charge in [-0.15, -0.1) is 0 Å². The Hall–Kier alpha value is -0.710. The van der Waals surface area contributed by atoms with Crippen LogP contribution in [0.2, 0.25) is 0 Å². The summed E-state index contributed by atoms with van der Waals surface area (Å²) in [6.45, 7) is 6.55. The van der Waals surface area contributed by atoms with Crippen molar-refractivity contribution in [1.82, 2.24) is 10.2 Å². The Morgan fingerprint density at radius 2 is 1.90 bits per heavy atom. The van der Waals surface area contributed by atoms with Gasteiger partial charge in [0.2, 0.25) is 11.8 Å². The molecule has 1 N–H and O–H groups in total. The van der Waals surface area contributed by atoms with Crippen molar-refractivity contribution in [1.29, 1.82) is 0 Å². The average Bonchev–Trinajstić information content (AvgIpc) is 2.45. The van der Waals surface area contributed by atoms with Crippen LogP contribution in [-0.4, -0.2) is 46.3 Å². The third-order valence-electron chi connectivity index (χ3n) is 4.90. The molecular weight excluding hydrogens is 284 g/mol. The second kappa shape index (κ2) is 6.59. The van der Waals surface area contributed by atoms with Gasteiger partial charge in [-0.25, -0.2) is 0 Å². The Balaban J connectivity index is 2.23. The summed E-state index contributed by atoms with van der Waals surface area (Å²) in [4.78, 5) is 26.8. The van der Waals surface area contributed by atoms with Crippen LogP contribution >= 0.6 is 11.8 Å². The quantitative estimate of drug-likeness (QED) is 0.867. The third kappa shape index (κ3) is 3.38. The van der Waals surface area contributed by atoms with Crippen molar-refractivity contribution in [3.63, 3.8) is 0 Å². The molecule has 0 radical (unpaired) electrons. The van der Waals surface area contributed by atoms with Crippen molar-refractivity contribution in [3.05, 3.63) is 0 Å². The monoisotopic (exact) mass is 312 g/mol. The summed E-state index contributed by atoms with van der Waals surface area (Å²) in [5, 5.41) is 2.82. The molecule has 0 aromatic carbocycles. The Morgan fingerprint density at radius 3 is 2.43 bits per heavy atom. The van der Waals surface area contributed by atoms with Crippen LogP contribution in [0.1, 0.15) is 52.9 Å². The number of nitrogens with one attached hydrogen (secondary N) is 1. The van der Waals surface area contributed by atoms with Gasteiger partial charge in [0.15, 0.2) is 0 Å². The molecule has 2 fully saturated rings. The van der Waals surface area contributed by atoms with Gasteiger partial charge in [0.1, 0.15) is 12.1 Å². The van der Waals surface area contributed by atoms with E-state index in [0.29, 0.717) is 6.54 Å². The molecule has 2 atom stereocenters.